The van der Waals surface area contributed by atoms with Crippen LogP contribution in [0, 0.1) is 0 Å². The predicted octanol–water partition coefficient (Wildman–Crippen LogP) is 1.08. The van der Waals surface area contributed by atoms with E-state index in [1.165, 1.54) is 0 Å². The highest BCUT2D eigenvalue weighted by Gasteiger charge is 1.94. The summed E-state index contributed by atoms with van der Waals surface area (Å²) in [4.78, 5) is 0. The summed E-state index contributed by atoms with van der Waals surface area (Å²) >= 11 is 0. The van der Waals surface area contributed by atoms with E-state index >= 15 is 0 Å². The molecule has 0 unspecified atom stereocenters. The molecule has 0 saturated heterocycles. The van der Waals surface area contributed by atoms with Crippen LogP contribution in [-0.2, 0) is 0 Å². The predicted molar refractivity (Wildman–Crippen MR) is 34.4 cm³/mol. The van der Waals surface area contributed by atoms with Crippen molar-refractivity contribution in [1.29, 1.82) is 0 Å². The second-order valence-electron chi connectivity index (χ2n) is 1.85. The molecule has 0 aromatic heterocycles. The average Bonchev–Trinajstić information content (AvgIpc) is 1.87. The van der Waals surface area contributed by atoms with Crippen molar-refractivity contribution >= 4 is 11.4 Å². The highest BCUT2D eigenvalue weighted by Crippen LogP contribution is 1.87. The molecule has 0 saturated carbocycles. The van der Waals surface area contributed by atoms with E-state index in [0.717, 1.165) is 0 Å². The summed E-state index contributed by atoms with van der Waals surface area (Å²) in [5.74, 6) is 0. The molecule has 0 aliphatic heterocycles. The summed E-state index contributed by atoms with van der Waals surface area (Å²) in [6.07, 6.45) is 0.410. The lowest BCUT2D eigenvalue weighted by Crippen LogP contribution is -1.99. The fourth-order valence-corrected chi connectivity index (χ4v) is 0.441. The molecule has 0 bridgehead atoms. The van der Waals surface area contributed by atoms with E-state index in [1.54, 1.807) is 13.8 Å². The van der Waals surface area contributed by atoms with Gasteiger partial charge < -0.3 is 10.4 Å². The Morgan fingerprint density at radius 1 is 1.11 bits per heavy atom. The Morgan fingerprint density at radius 2 is 1.44 bits per heavy atom. The first-order valence-electron chi connectivity index (χ1n) is 2.55. The Bertz CT molecular complexity index is 124. The van der Waals surface area contributed by atoms with E-state index in [1.807, 2.05) is 0 Å². The average molecular weight is 130 g/mol. The molecule has 0 amide bonds. The van der Waals surface area contributed by atoms with Crippen molar-refractivity contribution in [1.82, 2.24) is 0 Å². The van der Waals surface area contributed by atoms with Gasteiger partial charge in [-0.25, -0.2) is 0 Å². The molecule has 0 aromatic carbocycles. The summed E-state index contributed by atoms with van der Waals surface area (Å²) in [7, 11) is 0. The lowest BCUT2D eigenvalue weighted by molar-refractivity contribution is 0.315. The highest BCUT2D eigenvalue weighted by atomic mass is 16.4. The normalized spacial score (nSPS) is 14.0. The minimum atomic E-state index is 0.410. The topological polar surface area (TPSA) is 65.2 Å². The van der Waals surface area contributed by atoms with Gasteiger partial charge in [-0.2, -0.15) is 0 Å². The molecule has 0 aliphatic carbocycles. The molecular formula is C5H10N2O2. The molecule has 2 N–H and O–H groups in total. The van der Waals surface area contributed by atoms with Crippen LogP contribution < -0.4 is 0 Å². The smallest absolute Gasteiger partial charge is 0.0597 e. The van der Waals surface area contributed by atoms with Gasteiger partial charge in [0.2, 0.25) is 0 Å². The molecule has 4 nitrogen and oxygen atoms in total. The van der Waals surface area contributed by atoms with Gasteiger partial charge in [0, 0.05) is 6.42 Å². The Labute approximate surface area is 53.5 Å². The first-order chi connectivity index (χ1) is 4.20. The van der Waals surface area contributed by atoms with Crippen LogP contribution in [0.1, 0.15) is 20.3 Å². The molecule has 0 heterocycles. The molecule has 0 aromatic rings. The molecule has 0 spiro atoms. The van der Waals surface area contributed by atoms with Crippen molar-refractivity contribution in [3.05, 3.63) is 0 Å². The zero-order valence-electron chi connectivity index (χ0n) is 5.50. The molecule has 4 heteroatoms. The van der Waals surface area contributed by atoms with E-state index in [4.69, 9.17) is 10.4 Å². The minimum absolute atomic E-state index is 0.410. The SMILES string of the molecule is CC(C/C(C)=N\O)=NO. The maximum Gasteiger partial charge on any atom is 0.0597 e. The number of nitrogens with zero attached hydrogens (tertiary/aromatic N) is 2. The standard InChI is InChI=1S/C5H10N2O2/c1-4(6-8)3-5(2)7-9/h8-9H,3H2,1-2H3/b6-4-,7-5?. The van der Waals surface area contributed by atoms with Gasteiger partial charge in [0.05, 0.1) is 11.4 Å². The second kappa shape index (κ2) is 3.88. The third kappa shape index (κ3) is 3.52. The fourth-order valence-electron chi connectivity index (χ4n) is 0.441. The van der Waals surface area contributed by atoms with Crippen molar-refractivity contribution in [2.45, 2.75) is 20.3 Å². The van der Waals surface area contributed by atoms with Gasteiger partial charge in [0.15, 0.2) is 0 Å². The van der Waals surface area contributed by atoms with Crippen LogP contribution in [0.25, 0.3) is 0 Å². The van der Waals surface area contributed by atoms with Crippen LogP contribution in [0.5, 0.6) is 0 Å². The van der Waals surface area contributed by atoms with Crippen molar-refractivity contribution in [3.63, 3.8) is 0 Å². The monoisotopic (exact) mass is 130 g/mol. The molecule has 0 radical (unpaired) electrons. The van der Waals surface area contributed by atoms with E-state index in [-0.39, 0.29) is 0 Å². The van der Waals surface area contributed by atoms with Crippen molar-refractivity contribution in [3.8, 4) is 0 Å². The molecule has 0 aliphatic rings. The molecule has 0 fully saturated rings. The molecule has 0 atom stereocenters. The van der Waals surface area contributed by atoms with Crippen LogP contribution >= 0.6 is 0 Å². The van der Waals surface area contributed by atoms with Crippen molar-refractivity contribution in [2.24, 2.45) is 10.3 Å². The minimum Gasteiger partial charge on any atom is -0.411 e. The third-order valence-corrected chi connectivity index (χ3v) is 0.853. The molecule has 0 rings (SSSR count). The van der Waals surface area contributed by atoms with Crippen molar-refractivity contribution < 1.29 is 10.4 Å². The van der Waals surface area contributed by atoms with Gasteiger partial charge >= 0.3 is 0 Å². The first kappa shape index (κ1) is 7.94. The van der Waals surface area contributed by atoms with E-state index in [2.05, 4.69) is 10.3 Å². The number of hydrogen-bond acceptors (Lipinski definition) is 4. The van der Waals surface area contributed by atoms with Crippen LogP contribution in [-0.4, -0.2) is 21.8 Å². The van der Waals surface area contributed by atoms with Crippen LogP contribution in [0.2, 0.25) is 0 Å². The maximum absolute atomic E-state index is 8.13. The highest BCUT2D eigenvalue weighted by molar-refractivity contribution is 6.01. The second-order valence-corrected chi connectivity index (χ2v) is 1.85. The molecular weight excluding hydrogens is 120 g/mol. The van der Waals surface area contributed by atoms with E-state index in [0.29, 0.717) is 17.8 Å². The van der Waals surface area contributed by atoms with Gasteiger partial charge in [-0.15, -0.1) is 0 Å². The summed E-state index contributed by atoms with van der Waals surface area (Å²) in [5, 5.41) is 22.1. The molecule has 9 heavy (non-hydrogen) atoms. The maximum atomic E-state index is 8.13. The Morgan fingerprint density at radius 3 is 1.67 bits per heavy atom. The van der Waals surface area contributed by atoms with E-state index in [9.17, 15) is 0 Å². The van der Waals surface area contributed by atoms with Gasteiger partial charge in [-0.3, -0.25) is 0 Å². The number of oxime groups is 2. The van der Waals surface area contributed by atoms with Gasteiger partial charge in [0.1, 0.15) is 0 Å². The Kier molecular flexibility index (Phi) is 3.43. The summed E-state index contributed by atoms with van der Waals surface area (Å²) in [6.45, 7) is 3.30. The number of rotatable bonds is 2. The van der Waals surface area contributed by atoms with Gasteiger partial charge in [0.25, 0.3) is 0 Å². The zero-order chi connectivity index (χ0) is 7.28. The van der Waals surface area contributed by atoms with Crippen LogP contribution in [0.4, 0.5) is 0 Å². The fraction of sp³-hybridized carbons (Fsp3) is 0.600. The third-order valence-electron chi connectivity index (χ3n) is 0.853. The molecule has 52 valence electrons. The Balaban J connectivity index is 3.75. The Hall–Kier alpha value is -1.06. The van der Waals surface area contributed by atoms with Crippen LogP contribution in [0.3, 0.4) is 0 Å². The zero-order valence-corrected chi connectivity index (χ0v) is 5.50. The van der Waals surface area contributed by atoms with Crippen LogP contribution in [0.15, 0.2) is 10.3 Å². The quantitative estimate of drug-likeness (QED) is 0.333. The lowest BCUT2D eigenvalue weighted by Gasteiger charge is -1.92. The summed E-state index contributed by atoms with van der Waals surface area (Å²) in [5.41, 5.74) is 1.07. The first-order valence-corrected chi connectivity index (χ1v) is 2.55. The number of hydrogen-bond donors (Lipinski definition) is 2. The van der Waals surface area contributed by atoms with Crippen molar-refractivity contribution in [2.75, 3.05) is 0 Å². The lowest BCUT2D eigenvalue weighted by atomic mass is 10.2. The van der Waals surface area contributed by atoms with Gasteiger partial charge in [-0.1, -0.05) is 10.3 Å². The largest absolute Gasteiger partial charge is 0.411 e. The van der Waals surface area contributed by atoms with Gasteiger partial charge in [-0.05, 0) is 13.8 Å². The summed E-state index contributed by atoms with van der Waals surface area (Å²) < 4.78 is 0. The summed E-state index contributed by atoms with van der Waals surface area (Å²) in [6, 6.07) is 0. The van der Waals surface area contributed by atoms with E-state index < -0.39 is 0 Å².